The van der Waals surface area contributed by atoms with E-state index in [0.29, 0.717) is 11.3 Å². The van der Waals surface area contributed by atoms with E-state index in [1.807, 2.05) is 60.7 Å². The molecule has 1 amide bonds. The standard InChI is InChI=1S/C20H18N2O2S/c23-19-11-10-16-8-4-5-9-17(16)18(19)12-21-22-20(24)14-25-13-15-6-2-1-3-7-15/h1-12,23H,13-14H2,(H,22,24)/b21-12-. The van der Waals surface area contributed by atoms with E-state index in [0.717, 1.165) is 16.5 Å². The second-order valence-electron chi connectivity index (χ2n) is 5.49. The van der Waals surface area contributed by atoms with E-state index in [4.69, 9.17) is 0 Å². The van der Waals surface area contributed by atoms with Crippen molar-refractivity contribution in [3.8, 4) is 5.75 Å². The van der Waals surface area contributed by atoms with Gasteiger partial charge in [0.15, 0.2) is 0 Å². The number of fused-ring (bicyclic) bond motifs is 1. The Morgan fingerprint density at radius 2 is 1.80 bits per heavy atom. The van der Waals surface area contributed by atoms with E-state index in [1.165, 1.54) is 23.5 Å². The lowest BCUT2D eigenvalue weighted by molar-refractivity contribution is -0.118. The Balaban J connectivity index is 1.56. The fourth-order valence-corrected chi connectivity index (χ4v) is 3.24. The van der Waals surface area contributed by atoms with Gasteiger partial charge in [-0.05, 0) is 22.4 Å². The minimum absolute atomic E-state index is 0.134. The molecule has 0 saturated carbocycles. The van der Waals surface area contributed by atoms with Crippen LogP contribution in [0.4, 0.5) is 0 Å². The van der Waals surface area contributed by atoms with Crippen molar-refractivity contribution in [3.63, 3.8) is 0 Å². The van der Waals surface area contributed by atoms with Gasteiger partial charge in [0.05, 0.1) is 12.0 Å². The first-order chi connectivity index (χ1) is 12.2. The molecule has 3 rings (SSSR count). The minimum atomic E-state index is -0.170. The Labute approximate surface area is 150 Å². The van der Waals surface area contributed by atoms with Crippen molar-refractivity contribution in [2.45, 2.75) is 5.75 Å². The molecule has 0 fully saturated rings. The Bertz CT molecular complexity index is 895. The number of phenolic OH excluding ortho intramolecular Hbond substituents is 1. The summed E-state index contributed by atoms with van der Waals surface area (Å²) in [6, 6.07) is 21.2. The Kier molecular flexibility index (Phi) is 5.69. The summed E-state index contributed by atoms with van der Waals surface area (Å²) in [5, 5.41) is 15.9. The Morgan fingerprint density at radius 1 is 1.04 bits per heavy atom. The van der Waals surface area contributed by atoms with Crippen molar-refractivity contribution in [3.05, 3.63) is 77.9 Å². The lowest BCUT2D eigenvalue weighted by Crippen LogP contribution is -2.19. The van der Waals surface area contributed by atoms with Crippen molar-refractivity contribution in [2.24, 2.45) is 5.10 Å². The van der Waals surface area contributed by atoms with Crippen molar-refractivity contribution in [1.82, 2.24) is 5.43 Å². The van der Waals surface area contributed by atoms with E-state index >= 15 is 0 Å². The van der Waals surface area contributed by atoms with Gasteiger partial charge < -0.3 is 5.11 Å². The van der Waals surface area contributed by atoms with Crippen molar-refractivity contribution >= 4 is 34.7 Å². The molecule has 3 aromatic carbocycles. The third-order valence-corrected chi connectivity index (χ3v) is 4.68. The molecule has 0 bridgehead atoms. The lowest BCUT2D eigenvalue weighted by Gasteiger charge is -2.05. The van der Waals surface area contributed by atoms with Crippen LogP contribution in [0.1, 0.15) is 11.1 Å². The van der Waals surface area contributed by atoms with E-state index in [1.54, 1.807) is 6.07 Å². The largest absolute Gasteiger partial charge is 0.507 e. The fraction of sp³-hybridized carbons (Fsp3) is 0.100. The average Bonchev–Trinajstić information content (AvgIpc) is 2.64. The molecule has 0 spiro atoms. The Morgan fingerprint density at radius 3 is 2.64 bits per heavy atom. The molecule has 3 aromatic rings. The number of carbonyl (C=O) groups excluding carboxylic acids is 1. The molecule has 0 atom stereocenters. The number of nitrogens with zero attached hydrogens (tertiary/aromatic N) is 1. The average molecular weight is 350 g/mol. The number of carbonyl (C=O) groups is 1. The van der Waals surface area contributed by atoms with Gasteiger partial charge in [0.25, 0.3) is 0 Å². The molecule has 0 saturated heterocycles. The number of aromatic hydroxyl groups is 1. The number of rotatable bonds is 6. The smallest absolute Gasteiger partial charge is 0.250 e. The minimum Gasteiger partial charge on any atom is -0.507 e. The number of thioether (sulfide) groups is 1. The summed E-state index contributed by atoms with van der Waals surface area (Å²) in [5.41, 5.74) is 4.29. The van der Waals surface area contributed by atoms with Crippen molar-refractivity contribution in [2.75, 3.05) is 5.75 Å². The molecular weight excluding hydrogens is 332 g/mol. The van der Waals surface area contributed by atoms with Gasteiger partial charge in [-0.25, -0.2) is 5.43 Å². The monoisotopic (exact) mass is 350 g/mol. The molecule has 126 valence electrons. The highest BCUT2D eigenvalue weighted by molar-refractivity contribution is 7.99. The second-order valence-corrected chi connectivity index (χ2v) is 6.48. The molecule has 0 aliphatic carbocycles. The molecule has 0 aliphatic rings. The SMILES string of the molecule is O=C(CSCc1ccccc1)N/N=C\c1c(O)ccc2ccccc12. The molecule has 5 heteroatoms. The molecule has 2 N–H and O–H groups in total. The molecule has 0 radical (unpaired) electrons. The van der Waals surface area contributed by atoms with Crippen molar-refractivity contribution in [1.29, 1.82) is 0 Å². The van der Waals surface area contributed by atoms with Crippen LogP contribution in [0.15, 0.2) is 71.8 Å². The van der Waals surface area contributed by atoms with Crippen LogP contribution in [-0.2, 0) is 10.5 Å². The first-order valence-electron chi connectivity index (χ1n) is 7.88. The first-order valence-corrected chi connectivity index (χ1v) is 9.04. The molecule has 0 aromatic heterocycles. The van der Waals surface area contributed by atoms with E-state index in [9.17, 15) is 9.90 Å². The van der Waals surface area contributed by atoms with Crippen LogP contribution in [0, 0.1) is 0 Å². The summed E-state index contributed by atoms with van der Waals surface area (Å²) in [6.07, 6.45) is 1.48. The van der Waals surface area contributed by atoms with Gasteiger partial charge in [-0.3, -0.25) is 4.79 Å². The van der Waals surface area contributed by atoms with Gasteiger partial charge in [-0.15, -0.1) is 11.8 Å². The number of hydrogen-bond acceptors (Lipinski definition) is 4. The maximum atomic E-state index is 11.9. The number of benzene rings is 3. The van der Waals surface area contributed by atoms with E-state index in [-0.39, 0.29) is 11.7 Å². The number of phenols is 1. The van der Waals surface area contributed by atoms with E-state index in [2.05, 4.69) is 10.5 Å². The fourth-order valence-electron chi connectivity index (χ4n) is 2.46. The van der Waals surface area contributed by atoms with Crippen molar-refractivity contribution < 1.29 is 9.90 Å². The van der Waals surface area contributed by atoms with Crippen LogP contribution in [0.5, 0.6) is 5.75 Å². The zero-order chi connectivity index (χ0) is 17.5. The molecule has 0 aliphatic heterocycles. The maximum Gasteiger partial charge on any atom is 0.250 e. The molecule has 0 heterocycles. The quantitative estimate of drug-likeness (QED) is 0.523. The Hall–Kier alpha value is -2.79. The molecular formula is C20H18N2O2S. The number of amides is 1. The van der Waals surface area contributed by atoms with E-state index < -0.39 is 0 Å². The third kappa shape index (κ3) is 4.61. The number of nitrogens with one attached hydrogen (secondary N) is 1. The van der Waals surface area contributed by atoms with Gasteiger partial charge in [0.2, 0.25) is 5.91 Å². The second kappa shape index (κ2) is 8.35. The lowest BCUT2D eigenvalue weighted by atomic mass is 10.0. The van der Waals surface area contributed by atoms with Gasteiger partial charge in [-0.1, -0.05) is 60.7 Å². The van der Waals surface area contributed by atoms with Gasteiger partial charge in [-0.2, -0.15) is 5.10 Å². The van der Waals surface area contributed by atoms with Crippen LogP contribution in [0.25, 0.3) is 10.8 Å². The molecule has 0 unspecified atom stereocenters. The highest BCUT2D eigenvalue weighted by Gasteiger charge is 2.05. The van der Waals surface area contributed by atoms with Gasteiger partial charge in [0, 0.05) is 11.3 Å². The number of hydrogen-bond donors (Lipinski definition) is 2. The predicted molar refractivity (Wildman–Crippen MR) is 104 cm³/mol. The maximum absolute atomic E-state index is 11.9. The van der Waals surface area contributed by atoms with Gasteiger partial charge >= 0.3 is 0 Å². The van der Waals surface area contributed by atoms with Crippen LogP contribution in [-0.4, -0.2) is 23.0 Å². The molecule has 4 nitrogen and oxygen atoms in total. The highest BCUT2D eigenvalue weighted by Crippen LogP contribution is 2.25. The normalized spacial score (nSPS) is 11.0. The third-order valence-electron chi connectivity index (χ3n) is 3.68. The predicted octanol–water partition coefficient (Wildman–Crippen LogP) is 3.93. The summed E-state index contributed by atoms with van der Waals surface area (Å²) in [5.74, 6) is 1.07. The summed E-state index contributed by atoms with van der Waals surface area (Å²) in [6.45, 7) is 0. The highest BCUT2D eigenvalue weighted by atomic mass is 32.2. The first kappa shape index (κ1) is 17.0. The zero-order valence-electron chi connectivity index (χ0n) is 13.6. The topological polar surface area (TPSA) is 61.7 Å². The summed E-state index contributed by atoms with van der Waals surface area (Å²) < 4.78 is 0. The number of hydrazone groups is 1. The van der Waals surface area contributed by atoms with Crippen LogP contribution < -0.4 is 5.43 Å². The zero-order valence-corrected chi connectivity index (χ0v) is 14.4. The van der Waals surface area contributed by atoms with Crippen LogP contribution >= 0.6 is 11.8 Å². The van der Waals surface area contributed by atoms with Crippen LogP contribution in [0.2, 0.25) is 0 Å². The van der Waals surface area contributed by atoms with Crippen LogP contribution in [0.3, 0.4) is 0 Å². The summed E-state index contributed by atoms with van der Waals surface area (Å²) >= 11 is 1.53. The summed E-state index contributed by atoms with van der Waals surface area (Å²) in [7, 11) is 0. The molecule has 25 heavy (non-hydrogen) atoms. The summed E-state index contributed by atoms with van der Waals surface area (Å²) in [4.78, 5) is 11.9. The van der Waals surface area contributed by atoms with Gasteiger partial charge in [0.1, 0.15) is 5.75 Å².